The Morgan fingerprint density at radius 3 is 3.06 bits per heavy atom. The third-order valence-corrected chi connectivity index (χ3v) is 3.71. The van der Waals surface area contributed by atoms with Crippen LogP contribution in [0, 0.1) is 11.8 Å². The molecule has 0 saturated heterocycles. The predicted octanol–water partition coefficient (Wildman–Crippen LogP) is 1.78. The average molecular weight is 250 g/mol. The van der Waals surface area contributed by atoms with Crippen LogP contribution in [0.2, 0.25) is 0 Å². The summed E-state index contributed by atoms with van der Waals surface area (Å²) in [5, 5.41) is 7.20. The zero-order valence-corrected chi connectivity index (χ0v) is 11.1. The molecule has 1 saturated carbocycles. The smallest absolute Gasteiger partial charge is 0.228 e. The molecule has 2 rings (SSSR count). The van der Waals surface area contributed by atoms with Gasteiger partial charge in [0.2, 0.25) is 5.91 Å². The maximum absolute atomic E-state index is 12.2. The lowest BCUT2D eigenvalue weighted by Gasteiger charge is -2.18. The Bertz CT molecular complexity index is 413. The first kappa shape index (κ1) is 13.1. The number of nitrogens with two attached hydrogens (primary N) is 1. The molecule has 1 aromatic rings. The molecule has 5 heteroatoms. The van der Waals surface area contributed by atoms with Crippen LogP contribution in [-0.4, -0.2) is 22.2 Å². The van der Waals surface area contributed by atoms with Crippen LogP contribution in [0.1, 0.15) is 39.2 Å². The highest BCUT2D eigenvalue weighted by molar-refractivity contribution is 5.92. The lowest BCUT2D eigenvalue weighted by Crippen LogP contribution is -2.30. The van der Waals surface area contributed by atoms with Crippen LogP contribution in [0.25, 0.3) is 0 Å². The van der Waals surface area contributed by atoms with E-state index in [4.69, 9.17) is 5.73 Å². The Morgan fingerprint density at radius 2 is 2.39 bits per heavy atom. The highest BCUT2D eigenvalue weighted by Crippen LogP contribution is 2.31. The number of carbonyl (C=O) groups excluding carboxylic acids is 1. The molecule has 18 heavy (non-hydrogen) atoms. The molecule has 1 fully saturated rings. The normalized spacial score (nSPS) is 23.6. The standard InChI is InChI=1S/C13H22N4O/c1-9(2)17-12(6-7-15-17)16-13(18)11-5-3-4-10(11)8-14/h6-7,9-11H,3-5,8,14H2,1-2H3,(H,16,18)/t10-,11-/m1/s1. The first-order chi connectivity index (χ1) is 8.63. The predicted molar refractivity (Wildman–Crippen MR) is 71.1 cm³/mol. The molecule has 0 radical (unpaired) electrons. The molecule has 1 amide bonds. The van der Waals surface area contributed by atoms with Crippen molar-refractivity contribution in [3.63, 3.8) is 0 Å². The molecule has 1 heterocycles. The van der Waals surface area contributed by atoms with Crippen molar-refractivity contribution < 1.29 is 4.79 Å². The Kier molecular flexibility index (Phi) is 4.01. The summed E-state index contributed by atoms with van der Waals surface area (Å²) in [6, 6.07) is 2.08. The van der Waals surface area contributed by atoms with Gasteiger partial charge in [0, 0.05) is 18.0 Å². The van der Waals surface area contributed by atoms with Crippen molar-refractivity contribution in [2.75, 3.05) is 11.9 Å². The molecule has 1 aliphatic carbocycles. The minimum Gasteiger partial charge on any atom is -0.330 e. The van der Waals surface area contributed by atoms with E-state index in [-0.39, 0.29) is 17.9 Å². The molecule has 1 aromatic heterocycles. The second-order valence-corrected chi connectivity index (χ2v) is 5.28. The highest BCUT2D eigenvalue weighted by Gasteiger charge is 2.32. The van der Waals surface area contributed by atoms with Crippen molar-refractivity contribution in [1.82, 2.24) is 9.78 Å². The number of carbonyl (C=O) groups is 1. The van der Waals surface area contributed by atoms with E-state index in [1.165, 1.54) is 0 Å². The zero-order chi connectivity index (χ0) is 13.1. The van der Waals surface area contributed by atoms with E-state index < -0.39 is 0 Å². The number of hydrogen-bond acceptors (Lipinski definition) is 3. The van der Waals surface area contributed by atoms with Crippen LogP contribution in [-0.2, 0) is 4.79 Å². The van der Waals surface area contributed by atoms with Crippen LogP contribution in [0.5, 0.6) is 0 Å². The van der Waals surface area contributed by atoms with Gasteiger partial charge in [0.1, 0.15) is 5.82 Å². The molecule has 0 spiro atoms. The second-order valence-electron chi connectivity index (χ2n) is 5.28. The van der Waals surface area contributed by atoms with E-state index in [2.05, 4.69) is 10.4 Å². The first-order valence-corrected chi connectivity index (χ1v) is 6.68. The van der Waals surface area contributed by atoms with E-state index in [0.717, 1.165) is 25.1 Å². The van der Waals surface area contributed by atoms with Gasteiger partial charge in [0.15, 0.2) is 0 Å². The van der Waals surface area contributed by atoms with Gasteiger partial charge in [-0.2, -0.15) is 5.10 Å². The summed E-state index contributed by atoms with van der Waals surface area (Å²) in [6.07, 6.45) is 4.83. The summed E-state index contributed by atoms with van der Waals surface area (Å²) >= 11 is 0. The van der Waals surface area contributed by atoms with Crippen molar-refractivity contribution in [3.05, 3.63) is 12.3 Å². The zero-order valence-electron chi connectivity index (χ0n) is 11.1. The maximum atomic E-state index is 12.2. The third kappa shape index (κ3) is 2.56. The van der Waals surface area contributed by atoms with Gasteiger partial charge in [-0.3, -0.25) is 4.79 Å². The fourth-order valence-corrected chi connectivity index (χ4v) is 2.71. The van der Waals surface area contributed by atoms with Gasteiger partial charge in [-0.05, 0) is 39.2 Å². The van der Waals surface area contributed by atoms with Crippen LogP contribution in [0.3, 0.4) is 0 Å². The van der Waals surface area contributed by atoms with Gasteiger partial charge in [-0.25, -0.2) is 4.68 Å². The summed E-state index contributed by atoms with van der Waals surface area (Å²) < 4.78 is 1.82. The lowest BCUT2D eigenvalue weighted by molar-refractivity contribution is -0.120. The third-order valence-electron chi connectivity index (χ3n) is 3.71. The summed E-state index contributed by atoms with van der Waals surface area (Å²) in [4.78, 5) is 12.2. The van der Waals surface area contributed by atoms with Gasteiger partial charge in [0.25, 0.3) is 0 Å². The van der Waals surface area contributed by atoms with Crippen LogP contribution in [0.4, 0.5) is 5.82 Å². The molecule has 0 bridgehead atoms. The van der Waals surface area contributed by atoms with E-state index in [1.807, 2.05) is 24.6 Å². The Labute approximate surface area is 108 Å². The minimum absolute atomic E-state index is 0.0607. The van der Waals surface area contributed by atoms with Crippen LogP contribution >= 0.6 is 0 Å². The summed E-state index contributed by atoms with van der Waals surface area (Å²) in [5.74, 6) is 1.26. The molecular weight excluding hydrogens is 228 g/mol. The van der Waals surface area contributed by atoms with Gasteiger partial charge in [0.05, 0.1) is 6.20 Å². The summed E-state index contributed by atoms with van der Waals surface area (Å²) in [7, 11) is 0. The first-order valence-electron chi connectivity index (χ1n) is 6.68. The van der Waals surface area contributed by atoms with Gasteiger partial charge >= 0.3 is 0 Å². The second kappa shape index (κ2) is 5.52. The number of nitrogens with one attached hydrogen (secondary N) is 1. The van der Waals surface area contributed by atoms with Crippen LogP contribution < -0.4 is 11.1 Å². The molecule has 0 aromatic carbocycles. The molecule has 0 aliphatic heterocycles. The molecule has 1 aliphatic rings. The largest absolute Gasteiger partial charge is 0.330 e. The SMILES string of the molecule is CC(C)n1nccc1NC(=O)[C@@H]1CCC[C@@H]1CN. The number of hydrogen-bond donors (Lipinski definition) is 2. The van der Waals surface area contributed by atoms with Crippen LogP contribution in [0.15, 0.2) is 12.3 Å². The Hall–Kier alpha value is -1.36. The minimum atomic E-state index is 0.0607. The average Bonchev–Trinajstić information content (AvgIpc) is 2.96. The summed E-state index contributed by atoms with van der Waals surface area (Å²) in [5.41, 5.74) is 5.72. The van der Waals surface area contributed by atoms with Crippen molar-refractivity contribution >= 4 is 11.7 Å². The molecule has 0 unspecified atom stereocenters. The van der Waals surface area contributed by atoms with Gasteiger partial charge < -0.3 is 11.1 Å². The fourth-order valence-electron chi connectivity index (χ4n) is 2.71. The molecule has 100 valence electrons. The molecule has 2 atom stereocenters. The lowest BCUT2D eigenvalue weighted by atomic mass is 9.95. The number of rotatable bonds is 4. The molecule has 5 nitrogen and oxygen atoms in total. The van der Waals surface area contributed by atoms with Gasteiger partial charge in [-0.15, -0.1) is 0 Å². The van der Waals surface area contributed by atoms with E-state index in [9.17, 15) is 4.79 Å². The van der Waals surface area contributed by atoms with Crippen molar-refractivity contribution in [2.45, 2.75) is 39.2 Å². The number of anilines is 1. The van der Waals surface area contributed by atoms with Crippen molar-refractivity contribution in [3.8, 4) is 0 Å². The quantitative estimate of drug-likeness (QED) is 0.855. The Morgan fingerprint density at radius 1 is 1.61 bits per heavy atom. The highest BCUT2D eigenvalue weighted by atomic mass is 16.2. The van der Waals surface area contributed by atoms with E-state index >= 15 is 0 Å². The molecule has 3 N–H and O–H groups in total. The number of amides is 1. The fraction of sp³-hybridized carbons (Fsp3) is 0.692. The molecular formula is C13H22N4O. The maximum Gasteiger partial charge on any atom is 0.228 e. The monoisotopic (exact) mass is 250 g/mol. The van der Waals surface area contributed by atoms with Gasteiger partial charge in [-0.1, -0.05) is 6.42 Å². The number of aromatic nitrogens is 2. The van der Waals surface area contributed by atoms with E-state index in [0.29, 0.717) is 12.5 Å². The topological polar surface area (TPSA) is 72.9 Å². The van der Waals surface area contributed by atoms with E-state index in [1.54, 1.807) is 6.20 Å². The Balaban J connectivity index is 2.04. The number of nitrogens with zero attached hydrogens (tertiary/aromatic N) is 2. The summed E-state index contributed by atoms with van der Waals surface area (Å²) in [6.45, 7) is 4.68. The van der Waals surface area contributed by atoms with Crippen molar-refractivity contribution in [1.29, 1.82) is 0 Å². The van der Waals surface area contributed by atoms with Crippen molar-refractivity contribution in [2.24, 2.45) is 17.6 Å².